The molecule has 0 aromatic carbocycles. The third-order valence-corrected chi connectivity index (χ3v) is 4.41. The molecule has 0 aliphatic rings. The summed E-state index contributed by atoms with van der Waals surface area (Å²) in [6.45, 7) is 2.06. The topological polar surface area (TPSA) is 55.9 Å². The minimum absolute atomic E-state index is 0.159. The number of rotatable bonds is 6. The number of nitrogens with zero attached hydrogens (tertiary/aromatic N) is 2. The fourth-order valence-electron chi connectivity index (χ4n) is 2.16. The number of thiophene rings is 1. The number of hydrogen-bond donors (Lipinski definition) is 2. The molecule has 0 saturated heterocycles. The normalized spacial score (nSPS) is 12.8. The molecule has 4 nitrogen and oxygen atoms in total. The van der Waals surface area contributed by atoms with Gasteiger partial charge in [-0.3, -0.25) is 16.0 Å². The lowest BCUT2D eigenvalue weighted by Gasteiger charge is -2.15. The Kier molecular flexibility index (Phi) is 4.99. The maximum absolute atomic E-state index is 6.36. The van der Waals surface area contributed by atoms with Crippen LogP contribution in [0.25, 0.3) is 0 Å². The predicted molar refractivity (Wildman–Crippen MR) is 80.4 cm³/mol. The van der Waals surface area contributed by atoms with Crippen LogP contribution >= 0.6 is 22.9 Å². The fourth-order valence-corrected chi connectivity index (χ4v) is 3.21. The maximum Gasteiger partial charge on any atom is 0.0850 e. The molecule has 0 fully saturated rings. The van der Waals surface area contributed by atoms with Crippen LogP contribution in [0.1, 0.15) is 23.9 Å². The first-order valence-electron chi connectivity index (χ1n) is 6.33. The van der Waals surface area contributed by atoms with Gasteiger partial charge in [-0.15, -0.1) is 0 Å². The lowest BCUT2D eigenvalue weighted by atomic mass is 10.0. The largest absolute Gasteiger partial charge is 0.271 e. The molecule has 0 spiro atoms. The molecular weight excluding hydrogens is 280 g/mol. The van der Waals surface area contributed by atoms with Gasteiger partial charge in [-0.2, -0.15) is 16.4 Å². The molecule has 0 aliphatic carbocycles. The minimum Gasteiger partial charge on any atom is -0.271 e. The summed E-state index contributed by atoms with van der Waals surface area (Å²) in [6, 6.07) is 2.28. The van der Waals surface area contributed by atoms with E-state index in [2.05, 4.69) is 34.3 Å². The number of hydrogen-bond acceptors (Lipinski definition) is 4. The number of aromatic nitrogens is 2. The van der Waals surface area contributed by atoms with Gasteiger partial charge >= 0.3 is 0 Å². The third kappa shape index (κ3) is 3.36. The van der Waals surface area contributed by atoms with Crippen molar-refractivity contribution in [1.29, 1.82) is 0 Å². The highest BCUT2D eigenvalue weighted by Gasteiger charge is 2.17. The molecule has 3 N–H and O–H groups in total. The molecule has 0 saturated carbocycles. The summed E-state index contributed by atoms with van der Waals surface area (Å²) in [5.41, 5.74) is 6.16. The van der Waals surface area contributed by atoms with E-state index in [1.165, 1.54) is 5.56 Å². The molecule has 104 valence electrons. The average molecular weight is 299 g/mol. The van der Waals surface area contributed by atoms with Crippen LogP contribution in [0, 0.1) is 0 Å². The second-order valence-corrected chi connectivity index (χ2v) is 5.75. The summed E-state index contributed by atoms with van der Waals surface area (Å²) in [5.74, 6) is 5.66. The molecule has 1 atom stereocenters. The number of nitrogens with one attached hydrogen (secondary N) is 1. The van der Waals surface area contributed by atoms with Crippen LogP contribution in [0.2, 0.25) is 5.02 Å². The van der Waals surface area contributed by atoms with E-state index >= 15 is 0 Å². The lowest BCUT2D eigenvalue weighted by molar-refractivity contribution is 0.505. The van der Waals surface area contributed by atoms with Gasteiger partial charge in [-0.05, 0) is 35.2 Å². The highest BCUT2D eigenvalue weighted by atomic mass is 35.5. The van der Waals surface area contributed by atoms with Crippen LogP contribution in [-0.2, 0) is 26.3 Å². The van der Waals surface area contributed by atoms with E-state index < -0.39 is 0 Å². The zero-order valence-electron chi connectivity index (χ0n) is 11.2. The summed E-state index contributed by atoms with van der Waals surface area (Å²) in [7, 11) is 1.93. The molecule has 0 amide bonds. The lowest BCUT2D eigenvalue weighted by Crippen LogP contribution is -2.38. The Bertz CT molecular complexity index is 521. The van der Waals surface area contributed by atoms with Crippen molar-refractivity contribution < 1.29 is 0 Å². The molecule has 2 aromatic rings. The second kappa shape index (κ2) is 6.52. The number of hydrazine groups is 1. The standard InChI is InChI=1S/C13H19ClN4S/c1-3-11-13(14)12(18(2)17-11)7-10(16-15)6-9-4-5-19-8-9/h4-5,8,10,16H,3,6-7,15H2,1-2H3. The van der Waals surface area contributed by atoms with Crippen molar-refractivity contribution in [2.75, 3.05) is 0 Å². The van der Waals surface area contributed by atoms with Crippen molar-refractivity contribution in [3.63, 3.8) is 0 Å². The molecule has 1 unspecified atom stereocenters. The number of aryl methyl sites for hydroxylation is 2. The Morgan fingerprint density at radius 1 is 1.53 bits per heavy atom. The van der Waals surface area contributed by atoms with E-state index in [1.807, 2.05) is 11.7 Å². The van der Waals surface area contributed by atoms with Gasteiger partial charge in [0.1, 0.15) is 0 Å². The van der Waals surface area contributed by atoms with Crippen LogP contribution in [-0.4, -0.2) is 15.8 Å². The molecular formula is C13H19ClN4S. The van der Waals surface area contributed by atoms with E-state index in [-0.39, 0.29) is 6.04 Å². The molecule has 0 aliphatic heterocycles. The fraction of sp³-hybridized carbons (Fsp3) is 0.462. The highest BCUT2D eigenvalue weighted by Crippen LogP contribution is 2.22. The minimum atomic E-state index is 0.159. The van der Waals surface area contributed by atoms with Crippen LogP contribution in [0.15, 0.2) is 16.8 Å². The van der Waals surface area contributed by atoms with Gasteiger partial charge in [0.15, 0.2) is 0 Å². The predicted octanol–water partition coefficient (Wildman–Crippen LogP) is 2.31. The molecule has 2 heterocycles. The Morgan fingerprint density at radius 3 is 2.84 bits per heavy atom. The van der Waals surface area contributed by atoms with E-state index in [1.54, 1.807) is 11.3 Å². The van der Waals surface area contributed by atoms with Crippen LogP contribution in [0.5, 0.6) is 0 Å². The molecule has 2 aromatic heterocycles. The average Bonchev–Trinajstić information content (AvgIpc) is 3.00. The molecule has 0 radical (unpaired) electrons. The molecule has 2 rings (SSSR count). The molecule has 19 heavy (non-hydrogen) atoms. The molecule has 0 bridgehead atoms. The SMILES string of the molecule is CCc1nn(C)c(CC(Cc2ccsc2)NN)c1Cl. The van der Waals surface area contributed by atoms with Crippen molar-refractivity contribution in [3.05, 3.63) is 38.8 Å². The Hall–Kier alpha value is -0.880. The quantitative estimate of drug-likeness (QED) is 0.636. The van der Waals surface area contributed by atoms with Crippen molar-refractivity contribution in [2.45, 2.75) is 32.2 Å². The summed E-state index contributed by atoms with van der Waals surface area (Å²) in [4.78, 5) is 0. The third-order valence-electron chi connectivity index (χ3n) is 3.24. The van der Waals surface area contributed by atoms with Gasteiger partial charge in [0.05, 0.1) is 16.4 Å². The van der Waals surface area contributed by atoms with E-state index in [4.69, 9.17) is 17.4 Å². The second-order valence-electron chi connectivity index (χ2n) is 4.59. The Morgan fingerprint density at radius 2 is 2.32 bits per heavy atom. The van der Waals surface area contributed by atoms with Crippen LogP contribution in [0.4, 0.5) is 0 Å². The summed E-state index contributed by atoms with van der Waals surface area (Å²) < 4.78 is 1.86. The zero-order chi connectivity index (χ0) is 13.8. The first-order valence-corrected chi connectivity index (χ1v) is 7.65. The van der Waals surface area contributed by atoms with Gasteiger partial charge in [0, 0.05) is 19.5 Å². The number of nitrogens with two attached hydrogens (primary N) is 1. The van der Waals surface area contributed by atoms with Gasteiger partial charge in [-0.1, -0.05) is 18.5 Å². The van der Waals surface area contributed by atoms with E-state index in [0.717, 1.165) is 35.7 Å². The van der Waals surface area contributed by atoms with Crippen molar-refractivity contribution in [3.8, 4) is 0 Å². The van der Waals surface area contributed by atoms with Crippen LogP contribution < -0.4 is 11.3 Å². The highest BCUT2D eigenvalue weighted by molar-refractivity contribution is 7.07. The smallest absolute Gasteiger partial charge is 0.0850 e. The summed E-state index contributed by atoms with van der Waals surface area (Å²) in [5, 5.41) is 9.43. The first-order chi connectivity index (χ1) is 9.15. The van der Waals surface area contributed by atoms with Gasteiger partial charge in [0.25, 0.3) is 0 Å². The summed E-state index contributed by atoms with van der Waals surface area (Å²) >= 11 is 8.06. The first kappa shape index (κ1) is 14.5. The molecule has 6 heteroatoms. The maximum atomic E-state index is 6.36. The van der Waals surface area contributed by atoms with Gasteiger partial charge in [-0.25, -0.2) is 0 Å². The van der Waals surface area contributed by atoms with E-state index in [0.29, 0.717) is 0 Å². The zero-order valence-corrected chi connectivity index (χ0v) is 12.8. The van der Waals surface area contributed by atoms with E-state index in [9.17, 15) is 0 Å². The van der Waals surface area contributed by atoms with Gasteiger partial charge in [0.2, 0.25) is 0 Å². The van der Waals surface area contributed by atoms with Crippen molar-refractivity contribution >= 4 is 22.9 Å². The Balaban J connectivity index is 2.12. The van der Waals surface area contributed by atoms with Crippen LogP contribution in [0.3, 0.4) is 0 Å². The number of halogens is 1. The van der Waals surface area contributed by atoms with Crippen molar-refractivity contribution in [2.24, 2.45) is 12.9 Å². The summed E-state index contributed by atoms with van der Waals surface area (Å²) in [6.07, 6.45) is 2.51. The van der Waals surface area contributed by atoms with Gasteiger partial charge < -0.3 is 0 Å². The van der Waals surface area contributed by atoms with Crippen molar-refractivity contribution in [1.82, 2.24) is 15.2 Å². The Labute approximate surface area is 122 Å². The monoisotopic (exact) mass is 298 g/mol.